The van der Waals surface area contributed by atoms with Gasteiger partial charge in [0, 0.05) is 18.3 Å². The van der Waals surface area contributed by atoms with Crippen molar-refractivity contribution in [3.8, 4) is 0 Å². The Morgan fingerprint density at radius 3 is 2.95 bits per heavy atom. The predicted octanol–water partition coefficient (Wildman–Crippen LogP) is 1.69. The first kappa shape index (κ1) is 15.0. The zero-order valence-electron chi connectivity index (χ0n) is 11.2. The summed E-state index contributed by atoms with van der Waals surface area (Å²) in [6, 6.07) is 4.27. The van der Waals surface area contributed by atoms with Gasteiger partial charge in [-0.05, 0) is 18.9 Å². The standard InChI is InChI=1S/C13H18N6.HI/c14-13(18-10-3-1-2-4-10)16-9-11-5-7-15-12-6-8-17-19(11)12;/h5-8,10H,1-4,9H2,(H3,14,16,18);1H. The lowest BCUT2D eigenvalue weighted by atomic mass is 10.2. The number of nitrogens with one attached hydrogen (secondary N) is 1. The Bertz CT molecular complexity index is 587. The Balaban J connectivity index is 0.00000147. The summed E-state index contributed by atoms with van der Waals surface area (Å²) in [6.45, 7) is 0.506. The quantitative estimate of drug-likeness (QED) is 0.478. The van der Waals surface area contributed by atoms with Gasteiger partial charge in [0.25, 0.3) is 0 Å². The Labute approximate surface area is 134 Å². The smallest absolute Gasteiger partial charge is 0.189 e. The van der Waals surface area contributed by atoms with E-state index in [4.69, 9.17) is 5.73 Å². The van der Waals surface area contributed by atoms with Gasteiger partial charge in [-0.1, -0.05) is 12.8 Å². The van der Waals surface area contributed by atoms with Crippen LogP contribution in [-0.4, -0.2) is 26.6 Å². The lowest BCUT2D eigenvalue weighted by Gasteiger charge is -2.12. The highest BCUT2D eigenvalue weighted by Gasteiger charge is 2.14. The molecule has 0 aliphatic heterocycles. The number of nitrogens with two attached hydrogens (primary N) is 1. The third-order valence-corrected chi connectivity index (χ3v) is 3.49. The molecule has 6 nitrogen and oxygen atoms in total. The van der Waals surface area contributed by atoms with E-state index in [0.717, 1.165) is 11.3 Å². The number of fused-ring (bicyclic) bond motifs is 1. The van der Waals surface area contributed by atoms with Crippen molar-refractivity contribution in [2.24, 2.45) is 10.7 Å². The van der Waals surface area contributed by atoms with E-state index >= 15 is 0 Å². The molecule has 3 N–H and O–H groups in total. The predicted molar refractivity (Wildman–Crippen MR) is 89.1 cm³/mol. The van der Waals surface area contributed by atoms with Gasteiger partial charge in [-0.15, -0.1) is 24.0 Å². The maximum atomic E-state index is 5.91. The zero-order chi connectivity index (χ0) is 13.1. The van der Waals surface area contributed by atoms with Crippen LogP contribution in [0.15, 0.2) is 29.5 Å². The van der Waals surface area contributed by atoms with Gasteiger partial charge >= 0.3 is 0 Å². The van der Waals surface area contributed by atoms with E-state index in [1.807, 2.05) is 12.1 Å². The summed E-state index contributed by atoms with van der Waals surface area (Å²) in [4.78, 5) is 8.60. The molecule has 0 amide bonds. The number of halogens is 1. The third kappa shape index (κ3) is 3.38. The van der Waals surface area contributed by atoms with Gasteiger partial charge in [-0.25, -0.2) is 14.5 Å². The summed E-state index contributed by atoms with van der Waals surface area (Å²) < 4.78 is 1.78. The number of aliphatic imine (C=N–C) groups is 1. The zero-order valence-corrected chi connectivity index (χ0v) is 13.5. The van der Waals surface area contributed by atoms with Crippen LogP contribution in [0.1, 0.15) is 31.4 Å². The molecule has 108 valence electrons. The lowest BCUT2D eigenvalue weighted by molar-refractivity contribution is 0.624. The fourth-order valence-electron chi connectivity index (χ4n) is 2.50. The molecule has 1 saturated carbocycles. The van der Waals surface area contributed by atoms with Crippen LogP contribution in [0, 0.1) is 0 Å². The van der Waals surface area contributed by atoms with Gasteiger partial charge in [0.1, 0.15) is 0 Å². The first-order chi connectivity index (χ1) is 9.33. The van der Waals surface area contributed by atoms with Crippen LogP contribution >= 0.6 is 24.0 Å². The molecule has 1 fully saturated rings. The Hall–Kier alpha value is -1.38. The van der Waals surface area contributed by atoms with Crippen LogP contribution < -0.4 is 11.1 Å². The van der Waals surface area contributed by atoms with Crippen LogP contribution in [0.2, 0.25) is 0 Å². The number of aromatic nitrogens is 3. The second-order valence-corrected chi connectivity index (χ2v) is 4.86. The maximum Gasteiger partial charge on any atom is 0.189 e. The SMILES string of the molecule is I.NC(=NCc1ccnc2ccnn12)NC1CCCC1. The van der Waals surface area contributed by atoms with Gasteiger partial charge in [-0.3, -0.25) is 0 Å². The molecule has 1 aliphatic carbocycles. The lowest BCUT2D eigenvalue weighted by Crippen LogP contribution is -2.38. The fraction of sp³-hybridized carbons (Fsp3) is 0.462. The molecule has 0 saturated heterocycles. The van der Waals surface area contributed by atoms with Crippen molar-refractivity contribution in [2.75, 3.05) is 0 Å². The van der Waals surface area contributed by atoms with Crippen LogP contribution in [0.25, 0.3) is 5.65 Å². The number of rotatable bonds is 3. The monoisotopic (exact) mass is 386 g/mol. The van der Waals surface area contributed by atoms with Crippen molar-refractivity contribution in [3.63, 3.8) is 0 Å². The van der Waals surface area contributed by atoms with Crippen molar-refractivity contribution in [2.45, 2.75) is 38.3 Å². The highest BCUT2D eigenvalue weighted by Crippen LogP contribution is 2.17. The van der Waals surface area contributed by atoms with Crippen LogP contribution in [-0.2, 0) is 6.54 Å². The Morgan fingerprint density at radius 1 is 1.35 bits per heavy atom. The largest absolute Gasteiger partial charge is 0.370 e. The molecular formula is C13H19IN6. The highest BCUT2D eigenvalue weighted by atomic mass is 127. The van der Waals surface area contributed by atoms with E-state index < -0.39 is 0 Å². The second kappa shape index (κ2) is 6.87. The fourth-order valence-corrected chi connectivity index (χ4v) is 2.50. The molecule has 2 aromatic heterocycles. The average molecular weight is 386 g/mol. The number of hydrogen-bond donors (Lipinski definition) is 2. The minimum atomic E-state index is 0. The molecule has 0 unspecified atom stereocenters. The van der Waals surface area contributed by atoms with E-state index in [-0.39, 0.29) is 24.0 Å². The summed E-state index contributed by atoms with van der Waals surface area (Å²) in [5.41, 5.74) is 7.72. The normalized spacial score (nSPS) is 16.3. The van der Waals surface area contributed by atoms with Crippen molar-refractivity contribution >= 4 is 35.6 Å². The Kier molecular flexibility index (Phi) is 5.16. The third-order valence-electron chi connectivity index (χ3n) is 3.49. The maximum absolute atomic E-state index is 5.91. The average Bonchev–Trinajstić information content (AvgIpc) is 3.06. The van der Waals surface area contributed by atoms with Gasteiger partial charge < -0.3 is 11.1 Å². The van der Waals surface area contributed by atoms with E-state index in [1.165, 1.54) is 25.7 Å². The summed E-state index contributed by atoms with van der Waals surface area (Å²) >= 11 is 0. The minimum Gasteiger partial charge on any atom is -0.370 e. The molecule has 7 heteroatoms. The molecule has 0 radical (unpaired) electrons. The van der Waals surface area contributed by atoms with Crippen LogP contribution in [0.3, 0.4) is 0 Å². The molecule has 2 aromatic rings. The first-order valence-corrected chi connectivity index (χ1v) is 6.67. The summed E-state index contributed by atoms with van der Waals surface area (Å²) in [6.07, 6.45) is 8.44. The molecule has 2 heterocycles. The first-order valence-electron chi connectivity index (χ1n) is 6.67. The van der Waals surface area contributed by atoms with Gasteiger partial charge in [0.05, 0.1) is 18.4 Å². The van der Waals surface area contributed by atoms with Crippen molar-refractivity contribution in [1.82, 2.24) is 19.9 Å². The molecule has 3 rings (SSSR count). The van der Waals surface area contributed by atoms with Gasteiger partial charge in [-0.2, -0.15) is 5.10 Å². The highest BCUT2D eigenvalue weighted by molar-refractivity contribution is 14.0. The van der Waals surface area contributed by atoms with Crippen LogP contribution in [0.5, 0.6) is 0 Å². The summed E-state index contributed by atoms with van der Waals surface area (Å²) in [7, 11) is 0. The van der Waals surface area contributed by atoms with E-state index in [2.05, 4.69) is 20.4 Å². The topological polar surface area (TPSA) is 80.6 Å². The molecule has 1 aliphatic rings. The number of nitrogens with zero attached hydrogens (tertiary/aromatic N) is 4. The molecule has 0 bridgehead atoms. The van der Waals surface area contributed by atoms with E-state index in [0.29, 0.717) is 18.5 Å². The molecule has 20 heavy (non-hydrogen) atoms. The number of guanidine groups is 1. The molecular weight excluding hydrogens is 367 g/mol. The minimum absolute atomic E-state index is 0. The molecule has 0 atom stereocenters. The molecule has 0 spiro atoms. The van der Waals surface area contributed by atoms with Crippen LogP contribution in [0.4, 0.5) is 0 Å². The summed E-state index contributed by atoms with van der Waals surface area (Å²) in [5, 5.41) is 7.50. The van der Waals surface area contributed by atoms with E-state index in [9.17, 15) is 0 Å². The summed E-state index contributed by atoms with van der Waals surface area (Å²) in [5.74, 6) is 0.518. The number of hydrogen-bond acceptors (Lipinski definition) is 3. The second-order valence-electron chi connectivity index (χ2n) is 4.86. The van der Waals surface area contributed by atoms with Crippen molar-refractivity contribution in [3.05, 3.63) is 30.2 Å². The molecule has 0 aromatic carbocycles. The van der Waals surface area contributed by atoms with Gasteiger partial charge in [0.15, 0.2) is 11.6 Å². The van der Waals surface area contributed by atoms with Crippen molar-refractivity contribution < 1.29 is 0 Å². The Morgan fingerprint density at radius 2 is 2.15 bits per heavy atom. The van der Waals surface area contributed by atoms with E-state index in [1.54, 1.807) is 16.9 Å². The van der Waals surface area contributed by atoms with Crippen molar-refractivity contribution in [1.29, 1.82) is 0 Å². The van der Waals surface area contributed by atoms with Gasteiger partial charge in [0.2, 0.25) is 0 Å².